The number of morpholine rings is 1. The highest BCUT2D eigenvalue weighted by Crippen LogP contribution is 2.30. The summed E-state index contributed by atoms with van der Waals surface area (Å²) in [5.41, 5.74) is 1.72. The highest BCUT2D eigenvalue weighted by atomic mass is 32.2. The number of hydrogen-bond acceptors (Lipinski definition) is 8. The first kappa shape index (κ1) is 19.5. The van der Waals surface area contributed by atoms with Crippen molar-refractivity contribution < 1.29 is 14.1 Å². The predicted octanol–water partition coefficient (Wildman–Crippen LogP) is 3.26. The highest BCUT2D eigenvalue weighted by Gasteiger charge is 2.22. The van der Waals surface area contributed by atoms with Crippen LogP contribution in [0.15, 0.2) is 46.2 Å². The van der Waals surface area contributed by atoms with E-state index in [2.05, 4.69) is 15.1 Å². The van der Waals surface area contributed by atoms with Crippen LogP contribution in [-0.2, 0) is 17.0 Å². The van der Waals surface area contributed by atoms with Gasteiger partial charge in [0.2, 0.25) is 5.95 Å². The van der Waals surface area contributed by atoms with Gasteiger partial charge in [-0.05, 0) is 24.6 Å². The monoisotopic (exact) mass is 415 g/mol. The first-order valence-corrected chi connectivity index (χ1v) is 10.3. The van der Waals surface area contributed by atoms with Crippen molar-refractivity contribution in [1.29, 1.82) is 0 Å². The van der Waals surface area contributed by atoms with E-state index in [1.165, 1.54) is 17.8 Å². The molecule has 1 saturated heterocycles. The fourth-order valence-corrected chi connectivity index (χ4v) is 4.25. The molecular weight excluding hydrogens is 394 g/mol. The van der Waals surface area contributed by atoms with Gasteiger partial charge in [-0.1, -0.05) is 23.9 Å². The van der Waals surface area contributed by atoms with E-state index in [0.29, 0.717) is 31.1 Å². The van der Waals surface area contributed by atoms with E-state index in [0.717, 1.165) is 35.5 Å². The summed E-state index contributed by atoms with van der Waals surface area (Å²) >= 11 is 1.51. The summed E-state index contributed by atoms with van der Waals surface area (Å²) in [6.45, 7) is 5.12. The molecule has 0 spiro atoms. The van der Waals surface area contributed by atoms with Gasteiger partial charge in [-0.15, -0.1) is 10.2 Å². The molecule has 2 aromatic heterocycles. The van der Waals surface area contributed by atoms with Crippen molar-refractivity contribution in [3.63, 3.8) is 0 Å². The Morgan fingerprint density at radius 1 is 1.21 bits per heavy atom. The highest BCUT2D eigenvalue weighted by molar-refractivity contribution is 7.98. The van der Waals surface area contributed by atoms with Crippen molar-refractivity contribution in [2.45, 2.75) is 24.4 Å². The molecule has 152 valence electrons. The molecule has 0 atom stereocenters. The second-order valence-corrected chi connectivity index (χ2v) is 7.60. The van der Waals surface area contributed by atoms with Gasteiger partial charge in [-0.3, -0.25) is 14.7 Å². The fraction of sp³-hybridized carbons (Fsp3) is 0.368. The van der Waals surface area contributed by atoms with Crippen LogP contribution in [0.2, 0.25) is 0 Å². The van der Waals surface area contributed by atoms with Crippen molar-refractivity contribution in [2.75, 3.05) is 31.2 Å². The number of rotatable bonds is 7. The first-order chi connectivity index (χ1) is 14.1. The number of aromatic nitrogens is 3. The Bertz CT molecular complexity index is 983. The van der Waals surface area contributed by atoms with Crippen LogP contribution >= 0.6 is 11.8 Å². The molecule has 0 N–H and O–H groups in total. The molecule has 0 aliphatic carbocycles. The minimum atomic E-state index is -0.348. The van der Waals surface area contributed by atoms with E-state index < -0.39 is 0 Å². The van der Waals surface area contributed by atoms with Crippen molar-refractivity contribution in [2.24, 2.45) is 0 Å². The van der Waals surface area contributed by atoms with Gasteiger partial charge in [0.25, 0.3) is 5.69 Å². The Balaban J connectivity index is 1.59. The van der Waals surface area contributed by atoms with Gasteiger partial charge in [0.15, 0.2) is 5.16 Å². The Hall–Kier alpha value is -2.85. The lowest BCUT2D eigenvalue weighted by Gasteiger charge is -2.27. The maximum Gasteiger partial charge on any atom is 0.272 e. The zero-order valence-corrected chi connectivity index (χ0v) is 16.8. The van der Waals surface area contributed by atoms with Crippen molar-refractivity contribution >= 4 is 23.4 Å². The molecule has 0 saturated carbocycles. The summed E-state index contributed by atoms with van der Waals surface area (Å²) in [5, 5.41) is 20.8. The molecule has 1 aliphatic rings. The van der Waals surface area contributed by atoms with Crippen LogP contribution in [0.4, 0.5) is 11.6 Å². The Morgan fingerprint density at radius 2 is 2.03 bits per heavy atom. The lowest BCUT2D eigenvalue weighted by atomic mass is 10.1. The predicted molar refractivity (Wildman–Crippen MR) is 108 cm³/mol. The van der Waals surface area contributed by atoms with E-state index in [1.54, 1.807) is 19.3 Å². The van der Waals surface area contributed by atoms with Crippen LogP contribution in [0.3, 0.4) is 0 Å². The summed E-state index contributed by atoms with van der Waals surface area (Å²) in [5.74, 6) is 2.16. The van der Waals surface area contributed by atoms with Gasteiger partial charge in [0.05, 0.1) is 30.9 Å². The van der Waals surface area contributed by atoms with E-state index >= 15 is 0 Å². The number of nitrogens with zero attached hydrogens (tertiary/aromatic N) is 5. The molecule has 3 heterocycles. The van der Waals surface area contributed by atoms with Crippen LogP contribution in [0.1, 0.15) is 16.9 Å². The van der Waals surface area contributed by atoms with Crippen LogP contribution in [-0.4, -0.2) is 46.0 Å². The van der Waals surface area contributed by atoms with Crippen molar-refractivity contribution in [3.8, 4) is 0 Å². The molecule has 9 nitrogen and oxygen atoms in total. The number of furan rings is 1. The van der Waals surface area contributed by atoms with Crippen molar-refractivity contribution in [3.05, 3.63) is 63.6 Å². The topological polar surface area (TPSA) is 99.5 Å². The zero-order chi connectivity index (χ0) is 20.2. The summed E-state index contributed by atoms with van der Waals surface area (Å²) in [6, 6.07) is 8.92. The van der Waals surface area contributed by atoms with Gasteiger partial charge in [-0.25, -0.2) is 0 Å². The smallest absolute Gasteiger partial charge is 0.272 e. The lowest BCUT2D eigenvalue weighted by molar-refractivity contribution is -0.385. The molecule has 1 aromatic carbocycles. The van der Waals surface area contributed by atoms with Gasteiger partial charge >= 0.3 is 0 Å². The van der Waals surface area contributed by atoms with E-state index in [-0.39, 0.29) is 10.6 Å². The summed E-state index contributed by atoms with van der Waals surface area (Å²) < 4.78 is 13.0. The molecule has 29 heavy (non-hydrogen) atoms. The molecule has 10 heteroatoms. The maximum atomic E-state index is 11.2. The van der Waals surface area contributed by atoms with Crippen LogP contribution in [0.5, 0.6) is 0 Å². The average Bonchev–Trinajstić information content (AvgIpc) is 3.38. The van der Waals surface area contributed by atoms with Gasteiger partial charge in [0, 0.05) is 30.5 Å². The Morgan fingerprint density at radius 3 is 2.76 bits per heavy atom. The summed E-state index contributed by atoms with van der Waals surface area (Å²) in [6.07, 6.45) is 1.65. The number of anilines is 1. The zero-order valence-electron chi connectivity index (χ0n) is 16.0. The molecule has 1 aliphatic heterocycles. The molecule has 0 amide bonds. The number of hydrogen-bond donors (Lipinski definition) is 0. The van der Waals surface area contributed by atoms with Crippen LogP contribution in [0, 0.1) is 17.0 Å². The van der Waals surface area contributed by atoms with Gasteiger partial charge in [-0.2, -0.15) is 0 Å². The van der Waals surface area contributed by atoms with E-state index in [9.17, 15) is 10.1 Å². The van der Waals surface area contributed by atoms with E-state index in [4.69, 9.17) is 9.15 Å². The largest absolute Gasteiger partial charge is 0.467 e. The average molecular weight is 415 g/mol. The maximum absolute atomic E-state index is 11.2. The first-order valence-electron chi connectivity index (χ1n) is 9.27. The molecule has 0 bridgehead atoms. The standard InChI is InChI=1S/C19H21N5O4S/c1-14-15(4-2-6-17(14)24(25)26)13-29-19-21-20-18(22-7-10-27-11-8-22)23(19)12-16-5-3-9-28-16/h2-6,9H,7-8,10-13H2,1H3. The number of ether oxygens (including phenoxy) is 1. The van der Waals surface area contributed by atoms with E-state index in [1.807, 2.05) is 22.8 Å². The normalized spacial score (nSPS) is 14.3. The van der Waals surface area contributed by atoms with Crippen LogP contribution in [0.25, 0.3) is 0 Å². The summed E-state index contributed by atoms with van der Waals surface area (Å²) in [4.78, 5) is 13.0. The second-order valence-electron chi connectivity index (χ2n) is 6.65. The number of nitro benzene ring substituents is 1. The summed E-state index contributed by atoms with van der Waals surface area (Å²) in [7, 11) is 0. The molecular formula is C19H21N5O4S. The molecule has 1 fully saturated rings. The lowest BCUT2D eigenvalue weighted by Crippen LogP contribution is -2.38. The number of benzene rings is 1. The third-order valence-corrected chi connectivity index (χ3v) is 5.87. The quantitative estimate of drug-likeness (QED) is 0.329. The SMILES string of the molecule is Cc1c(CSc2nnc(N3CCOCC3)n2Cc2ccco2)cccc1[N+](=O)[O-]. The molecule has 4 rings (SSSR count). The number of thioether (sulfide) groups is 1. The van der Waals surface area contributed by atoms with Crippen molar-refractivity contribution in [1.82, 2.24) is 14.8 Å². The minimum absolute atomic E-state index is 0.133. The molecule has 0 unspecified atom stereocenters. The second kappa shape index (κ2) is 8.66. The fourth-order valence-electron chi connectivity index (χ4n) is 3.25. The van der Waals surface area contributed by atoms with Gasteiger partial charge < -0.3 is 14.1 Å². The molecule has 0 radical (unpaired) electrons. The third kappa shape index (κ3) is 4.28. The number of nitro groups is 1. The third-order valence-electron chi connectivity index (χ3n) is 4.86. The Labute approximate surface area is 171 Å². The Kier molecular flexibility index (Phi) is 5.81. The van der Waals surface area contributed by atoms with Crippen LogP contribution < -0.4 is 4.90 Å². The van der Waals surface area contributed by atoms with Gasteiger partial charge in [0.1, 0.15) is 5.76 Å². The molecule has 3 aromatic rings. The minimum Gasteiger partial charge on any atom is -0.467 e.